The van der Waals surface area contributed by atoms with E-state index in [2.05, 4.69) is 41.7 Å². The smallest absolute Gasteiger partial charge is 0.267 e. The molecule has 0 radical (unpaired) electrons. The van der Waals surface area contributed by atoms with Gasteiger partial charge in [-0.05, 0) is 55.8 Å². The van der Waals surface area contributed by atoms with Crippen LogP contribution in [-0.4, -0.2) is 42.6 Å². The van der Waals surface area contributed by atoms with E-state index >= 15 is 0 Å². The first-order valence-corrected chi connectivity index (χ1v) is 12.8. The number of benzene rings is 2. The van der Waals surface area contributed by atoms with Gasteiger partial charge in [0.25, 0.3) is 5.56 Å². The van der Waals surface area contributed by atoms with Gasteiger partial charge in [0.15, 0.2) is 11.6 Å². The zero-order chi connectivity index (χ0) is 25.7. The van der Waals surface area contributed by atoms with Crippen LogP contribution in [0.25, 0.3) is 22.5 Å². The van der Waals surface area contributed by atoms with Crippen LogP contribution in [-0.2, 0) is 6.54 Å². The number of nitrogens with zero attached hydrogens (tertiary/aromatic N) is 6. The van der Waals surface area contributed by atoms with Crippen molar-refractivity contribution in [2.24, 2.45) is 0 Å². The van der Waals surface area contributed by atoms with Crippen LogP contribution in [0.2, 0.25) is 0 Å². The SMILES string of the molecule is Cl.O=c1ccc(Nc2ccccc2)nn1Cc1cccc(-c2ncc(-c3cnn(C4CCNCC4)c3)cn2)c1. The van der Waals surface area contributed by atoms with E-state index in [1.807, 2.05) is 73.2 Å². The minimum Gasteiger partial charge on any atom is -0.339 e. The number of hydrogen-bond acceptors (Lipinski definition) is 7. The number of nitrogens with one attached hydrogen (secondary N) is 2. The molecule has 6 rings (SSSR count). The molecule has 0 unspecified atom stereocenters. The molecule has 3 aromatic heterocycles. The minimum absolute atomic E-state index is 0. The van der Waals surface area contributed by atoms with Crippen molar-refractivity contribution in [3.05, 3.63) is 107 Å². The molecule has 5 aromatic rings. The van der Waals surface area contributed by atoms with Gasteiger partial charge in [-0.2, -0.15) is 10.2 Å². The Morgan fingerprint density at radius 2 is 1.67 bits per heavy atom. The summed E-state index contributed by atoms with van der Waals surface area (Å²) in [5.74, 6) is 1.23. The normalized spacial score (nSPS) is 13.5. The molecule has 1 aliphatic heterocycles. The third-order valence-corrected chi connectivity index (χ3v) is 6.70. The summed E-state index contributed by atoms with van der Waals surface area (Å²) in [5, 5.41) is 15.7. The van der Waals surface area contributed by atoms with E-state index in [-0.39, 0.29) is 18.0 Å². The molecule has 4 heterocycles. The second kappa shape index (κ2) is 12.0. The zero-order valence-electron chi connectivity index (χ0n) is 21.3. The van der Waals surface area contributed by atoms with E-state index in [4.69, 9.17) is 0 Å². The van der Waals surface area contributed by atoms with Crippen LogP contribution >= 0.6 is 12.4 Å². The molecular formula is C29H29ClN8O. The van der Waals surface area contributed by atoms with E-state index in [1.54, 1.807) is 6.07 Å². The predicted molar refractivity (Wildman–Crippen MR) is 154 cm³/mol. The molecule has 9 nitrogen and oxygen atoms in total. The van der Waals surface area contributed by atoms with Gasteiger partial charge in [-0.15, -0.1) is 12.4 Å². The molecule has 198 valence electrons. The lowest BCUT2D eigenvalue weighted by atomic mass is 10.1. The van der Waals surface area contributed by atoms with Crippen molar-refractivity contribution in [3.8, 4) is 22.5 Å². The van der Waals surface area contributed by atoms with Crippen molar-refractivity contribution in [1.82, 2.24) is 34.8 Å². The molecule has 0 aliphatic carbocycles. The molecule has 10 heteroatoms. The van der Waals surface area contributed by atoms with Crippen LogP contribution in [0.3, 0.4) is 0 Å². The Hall–Kier alpha value is -4.34. The molecule has 1 fully saturated rings. The topological polar surface area (TPSA) is 103 Å². The van der Waals surface area contributed by atoms with Crippen LogP contribution in [0.1, 0.15) is 24.4 Å². The van der Waals surface area contributed by atoms with Crippen molar-refractivity contribution in [2.75, 3.05) is 18.4 Å². The monoisotopic (exact) mass is 540 g/mol. The summed E-state index contributed by atoms with van der Waals surface area (Å²) >= 11 is 0. The van der Waals surface area contributed by atoms with Crippen LogP contribution in [0.4, 0.5) is 11.5 Å². The quantitative estimate of drug-likeness (QED) is 0.308. The lowest BCUT2D eigenvalue weighted by molar-refractivity contribution is 0.343. The van der Waals surface area contributed by atoms with Crippen molar-refractivity contribution >= 4 is 23.9 Å². The summed E-state index contributed by atoms with van der Waals surface area (Å²) < 4.78 is 3.52. The first-order valence-electron chi connectivity index (χ1n) is 12.8. The van der Waals surface area contributed by atoms with Gasteiger partial charge in [0.2, 0.25) is 0 Å². The number of anilines is 2. The molecule has 0 saturated carbocycles. The summed E-state index contributed by atoms with van der Waals surface area (Å²) in [4.78, 5) is 21.7. The molecule has 0 spiro atoms. The maximum absolute atomic E-state index is 12.5. The second-order valence-corrected chi connectivity index (χ2v) is 9.39. The summed E-state index contributed by atoms with van der Waals surface area (Å²) in [6.45, 7) is 2.39. The Kier molecular flexibility index (Phi) is 8.10. The molecule has 1 saturated heterocycles. The number of rotatable bonds is 7. The van der Waals surface area contributed by atoms with Gasteiger partial charge in [0.05, 0.1) is 18.8 Å². The lowest BCUT2D eigenvalue weighted by Crippen LogP contribution is -2.29. The van der Waals surface area contributed by atoms with Crippen molar-refractivity contribution in [1.29, 1.82) is 0 Å². The highest BCUT2D eigenvalue weighted by atomic mass is 35.5. The fourth-order valence-electron chi connectivity index (χ4n) is 4.66. The third kappa shape index (κ3) is 6.22. The fraction of sp³-hybridized carbons (Fsp3) is 0.207. The summed E-state index contributed by atoms with van der Waals surface area (Å²) in [7, 11) is 0. The molecule has 1 aliphatic rings. The van der Waals surface area contributed by atoms with E-state index in [1.165, 1.54) is 10.7 Å². The van der Waals surface area contributed by atoms with Gasteiger partial charge >= 0.3 is 0 Å². The average Bonchev–Trinajstić information content (AvgIpc) is 3.47. The molecule has 0 amide bonds. The first-order chi connectivity index (χ1) is 18.7. The number of para-hydroxylation sites is 1. The number of piperidine rings is 1. The Bertz CT molecular complexity index is 1580. The molecule has 2 N–H and O–H groups in total. The first kappa shape index (κ1) is 26.3. The van der Waals surface area contributed by atoms with Crippen LogP contribution in [0, 0.1) is 0 Å². The van der Waals surface area contributed by atoms with Crippen LogP contribution in [0.15, 0.2) is 96.3 Å². The van der Waals surface area contributed by atoms with E-state index < -0.39 is 0 Å². The van der Waals surface area contributed by atoms with Gasteiger partial charge < -0.3 is 10.6 Å². The van der Waals surface area contributed by atoms with Gasteiger partial charge in [0.1, 0.15) is 0 Å². The van der Waals surface area contributed by atoms with Gasteiger partial charge in [0, 0.05) is 47.0 Å². The van der Waals surface area contributed by atoms with E-state index in [0.717, 1.165) is 53.9 Å². The Morgan fingerprint density at radius 1 is 0.872 bits per heavy atom. The zero-order valence-corrected chi connectivity index (χ0v) is 22.1. The van der Waals surface area contributed by atoms with Gasteiger partial charge in [-0.1, -0.05) is 36.4 Å². The molecule has 39 heavy (non-hydrogen) atoms. The minimum atomic E-state index is -0.167. The highest BCUT2D eigenvalue weighted by Gasteiger charge is 2.16. The maximum atomic E-state index is 12.5. The third-order valence-electron chi connectivity index (χ3n) is 6.70. The Balaban J connectivity index is 0.00000308. The Labute approximate surface area is 232 Å². The van der Waals surface area contributed by atoms with Crippen molar-refractivity contribution in [2.45, 2.75) is 25.4 Å². The average molecular weight is 541 g/mol. The Morgan fingerprint density at radius 3 is 2.46 bits per heavy atom. The number of hydrogen-bond donors (Lipinski definition) is 2. The fourth-order valence-corrected chi connectivity index (χ4v) is 4.66. The van der Waals surface area contributed by atoms with Crippen molar-refractivity contribution < 1.29 is 0 Å². The van der Waals surface area contributed by atoms with Crippen LogP contribution in [0.5, 0.6) is 0 Å². The molecule has 0 bridgehead atoms. The highest BCUT2D eigenvalue weighted by molar-refractivity contribution is 5.85. The summed E-state index contributed by atoms with van der Waals surface area (Å²) in [6, 6.07) is 21.3. The summed E-state index contributed by atoms with van der Waals surface area (Å²) in [6.07, 6.45) is 9.81. The molecule has 2 aromatic carbocycles. The molecule has 0 atom stereocenters. The number of aromatic nitrogens is 6. The van der Waals surface area contributed by atoms with E-state index in [9.17, 15) is 4.79 Å². The van der Waals surface area contributed by atoms with Gasteiger partial charge in [-0.3, -0.25) is 9.48 Å². The predicted octanol–water partition coefficient (Wildman–Crippen LogP) is 4.70. The van der Waals surface area contributed by atoms with Gasteiger partial charge in [-0.25, -0.2) is 14.6 Å². The van der Waals surface area contributed by atoms with E-state index in [0.29, 0.717) is 24.2 Å². The second-order valence-electron chi connectivity index (χ2n) is 9.39. The lowest BCUT2D eigenvalue weighted by Gasteiger charge is -2.22. The number of halogens is 1. The summed E-state index contributed by atoms with van der Waals surface area (Å²) in [5.41, 5.74) is 4.50. The van der Waals surface area contributed by atoms with Crippen LogP contribution < -0.4 is 16.2 Å². The standard InChI is InChI=1S/C29H28N8O.ClH/c38-28-10-9-27(34-25-7-2-1-3-8-25)35-37(28)19-21-5-4-6-22(15-21)29-31-16-23(17-32-29)24-18-33-36(20-24)26-11-13-30-14-12-26;/h1-10,15-18,20,26,30H,11-14,19H2,(H,34,35);1H. The largest absolute Gasteiger partial charge is 0.339 e. The van der Waals surface area contributed by atoms with Crippen molar-refractivity contribution in [3.63, 3.8) is 0 Å². The maximum Gasteiger partial charge on any atom is 0.267 e. The molecular weight excluding hydrogens is 512 g/mol. The highest BCUT2D eigenvalue weighted by Crippen LogP contribution is 2.24.